The van der Waals surface area contributed by atoms with E-state index in [1.807, 2.05) is 10.9 Å². The van der Waals surface area contributed by atoms with Gasteiger partial charge >= 0.3 is 0 Å². The number of aromatic nitrogens is 2. The predicted molar refractivity (Wildman–Crippen MR) is 80.0 cm³/mol. The molecule has 0 saturated heterocycles. The molecular formula is C15H18BrN3. The molecule has 2 N–H and O–H groups in total. The Morgan fingerprint density at radius 1 is 1.47 bits per heavy atom. The van der Waals surface area contributed by atoms with Gasteiger partial charge in [-0.3, -0.25) is 4.68 Å². The minimum absolute atomic E-state index is 0.000440. The lowest BCUT2D eigenvalue weighted by molar-refractivity contribution is 0.493. The van der Waals surface area contributed by atoms with Crippen LogP contribution in [-0.4, -0.2) is 9.78 Å². The van der Waals surface area contributed by atoms with Gasteiger partial charge in [0, 0.05) is 12.5 Å². The van der Waals surface area contributed by atoms with E-state index >= 15 is 0 Å². The quantitative estimate of drug-likeness (QED) is 0.942. The van der Waals surface area contributed by atoms with Crippen molar-refractivity contribution in [1.82, 2.24) is 9.78 Å². The minimum Gasteiger partial charge on any atom is -0.322 e. The van der Waals surface area contributed by atoms with Crippen molar-refractivity contribution < 1.29 is 0 Å². The fourth-order valence-electron chi connectivity index (χ4n) is 3.11. The fourth-order valence-corrected chi connectivity index (χ4v) is 3.67. The van der Waals surface area contributed by atoms with Crippen molar-refractivity contribution in [1.29, 1.82) is 0 Å². The fraction of sp³-hybridized carbons (Fsp3) is 0.400. The Balaban J connectivity index is 1.97. The molecule has 0 aliphatic heterocycles. The lowest BCUT2D eigenvalue weighted by Crippen LogP contribution is -2.22. The van der Waals surface area contributed by atoms with E-state index in [0.717, 1.165) is 29.6 Å². The Morgan fingerprint density at radius 2 is 2.26 bits per heavy atom. The summed E-state index contributed by atoms with van der Waals surface area (Å²) in [6.07, 6.45) is 4.10. The summed E-state index contributed by atoms with van der Waals surface area (Å²) in [4.78, 5) is 0. The van der Waals surface area contributed by atoms with Crippen LogP contribution in [0.25, 0.3) is 0 Å². The molecule has 0 amide bonds. The van der Waals surface area contributed by atoms with Gasteiger partial charge in [-0.15, -0.1) is 0 Å². The number of hydrogen-bond donors (Lipinski definition) is 1. The van der Waals surface area contributed by atoms with E-state index < -0.39 is 0 Å². The van der Waals surface area contributed by atoms with Gasteiger partial charge in [-0.1, -0.05) is 24.3 Å². The third-order valence-corrected chi connectivity index (χ3v) is 4.67. The van der Waals surface area contributed by atoms with Crippen molar-refractivity contribution in [2.75, 3.05) is 0 Å². The lowest BCUT2D eigenvalue weighted by Gasteiger charge is -2.22. The topological polar surface area (TPSA) is 43.8 Å². The van der Waals surface area contributed by atoms with Crippen molar-refractivity contribution in [2.45, 2.75) is 38.3 Å². The average Bonchev–Trinajstić information content (AvgIpc) is 3.01. The molecule has 0 radical (unpaired) electrons. The van der Waals surface area contributed by atoms with Gasteiger partial charge in [0.15, 0.2) is 0 Å². The van der Waals surface area contributed by atoms with E-state index in [1.54, 1.807) is 0 Å². The summed E-state index contributed by atoms with van der Waals surface area (Å²) in [5.74, 6) is 0.398. The van der Waals surface area contributed by atoms with E-state index in [1.165, 1.54) is 11.1 Å². The van der Waals surface area contributed by atoms with Crippen LogP contribution < -0.4 is 5.73 Å². The molecule has 1 heterocycles. The molecule has 1 aromatic heterocycles. The Bertz CT molecular complexity index is 591. The highest BCUT2D eigenvalue weighted by atomic mass is 79.9. The van der Waals surface area contributed by atoms with Crippen molar-refractivity contribution >= 4 is 15.9 Å². The van der Waals surface area contributed by atoms with Crippen LogP contribution in [0.4, 0.5) is 0 Å². The molecule has 3 nitrogen and oxygen atoms in total. The molecule has 0 spiro atoms. The highest BCUT2D eigenvalue weighted by Crippen LogP contribution is 2.41. The Morgan fingerprint density at radius 3 is 3.05 bits per heavy atom. The molecule has 19 heavy (non-hydrogen) atoms. The smallest absolute Gasteiger partial charge is 0.0699 e. The maximum absolute atomic E-state index is 6.55. The van der Waals surface area contributed by atoms with Crippen LogP contribution in [0.2, 0.25) is 0 Å². The Kier molecular flexibility index (Phi) is 3.46. The van der Waals surface area contributed by atoms with Crippen LogP contribution in [0.1, 0.15) is 42.1 Å². The second kappa shape index (κ2) is 5.10. The van der Waals surface area contributed by atoms with Crippen molar-refractivity contribution in [3.63, 3.8) is 0 Å². The maximum atomic E-state index is 6.55. The standard InChI is InChI=1S/C15H18BrN3/c1-2-19-15(13(16)9-18-19)14(17)12-8-7-10-5-3-4-6-11(10)12/h3-6,9,12,14H,2,7-8,17H2,1H3. The highest BCUT2D eigenvalue weighted by Gasteiger charge is 2.31. The molecule has 2 unspecified atom stereocenters. The Hall–Kier alpha value is -1.13. The van der Waals surface area contributed by atoms with E-state index in [0.29, 0.717) is 5.92 Å². The molecule has 0 fully saturated rings. The zero-order chi connectivity index (χ0) is 13.4. The molecule has 100 valence electrons. The normalized spacial score (nSPS) is 19.4. The first-order valence-corrected chi connectivity index (χ1v) is 7.56. The van der Waals surface area contributed by atoms with Crippen LogP contribution in [0.15, 0.2) is 34.9 Å². The number of fused-ring (bicyclic) bond motifs is 1. The van der Waals surface area contributed by atoms with E-state index in [2.05, 4.69) is 52.2 Å². The summed E-state index contributed by atoms with van der Waals surface area (Å²) in [7, 11) is 0. The van der Waals surface area contributed by atoms with Crippen LogP contribution in [0.3, 0.4) is 0 Å². The Labute approximate surface area is 121 Å². The van der Waals surface area contributed by atoms with Gasteiger partial charge in [0.25, 0.3) is 0 Å². The van der Waals surface area contributed by atoms with Crippen molar-refractivity contribution in [2.24, 2.45) is 5.73 Å². The number of halogens is 1. The number of benzene rings is 1. The van der Waals surface area contributed by atoms with E-state index in [9.17, 15) is 0 Å². The SMILES string of the molecule is CCn1ncc(Br)c1C(N)C1CCc2ccccc21. The van der Waals surface area contributed by atoms with Crippen molar-refractivity contribution in [3.8, 4) is 0 Å². The molecule has 2 aromatic rings. The highest BCUT2D eigenvalue weighted by molar-refractivity contribution is 9.10. The summed E-state index contributed by atoms with van der Waals surface area (Å²) in [6.45, 7) is 2.95. The van der Waals surface area contributed by atoms with Crippen molar-refractivity contribution in [3.05, 3.63) is 51.8 Å². The third kappa shape index (κ3) is 2.13. The molecular weight excluding hydrogens is 302 g/mol. The maximum Gasteiger partial charge on any atom is 0.0699 e. The van der Waals surface area contributed by atoms with Gasteiger partial charge in [0.05, 0.1) is 22.4 Å². The predicted octanol–water partition coefficient (Wildman–Crippen LogP) is 3.40. The largest absolute Gasteiger partial charge is 0.322 e. The summed E-state index contributed by atoms with van der Waals surface area (Å²) in [6, 6.07) is 8.65. The minimum atomic E-state index is 0.000440. The number of nitrogens with zero attached hydrogens (tertiary/aromatic N) is 2. The van der Waals surface area contributed by atoms with E-state index in [4.69, 9.17) is 5.73 Å². The molecule has 0 saturated carbocycles. The first kappa shape index (κ1) is 12.9. The summed E-state index contributed by atoms with van der Waals surface area (Å²) in [5, 5.41) is 4.37. The number of aryl methyl sites for hydroxylation is 2. The summed E-state index contributed by atoms with van der Waals surface area (Å²) in [5.41, 5.74) is 10.5. The zero-order valence-corrected chi connectivity index (χ0v) is 12.6. The van der Waals surface area contributed by atoms with Gasteiger partial charge in [-0.25, -0.2) is 0 Å². The van der Waals surface area contributed by atoms with Gasteiger partial charge in [0.2, 0.25) is 0 Å². The average molecular weight is 320 g/mol. The summed E-state index contributed by atoms with van der Waals surface area (Å²) >= 11 is 3.58. The molecule has 1 aliphatic carbocycles. The second-order valence-corrected chi connectivity index (χ2v) is 5.92. The van der Waals surface area contributed by atoms with Gasteiger partial charge in [-0.2, -0.15) is 5.10 Å². The zero-order valence-electron chi connectivity index (χ0n) is 11.0. The second-order valence-electron chi connectivity index (χ2n) is 5.06. The molecule has 0 bridgehead atoms. The van der Waals surface area contributed by atoms with Crippen LogP contribution in [0, 0.1) is 0 Å². The first-order valence-electron chi connectivity index (χ1n) is 6.77. The van der Waals surface area contributed by atoms with Crippen LogP contribution >= 0.6 is 15.9 Å². The molecule has 4 heteroatoms. The van der Waals surface area contributed by atoms with Gasteiger partial charge in [-0.05, 0) is 46.8 Å². The van der Waals surface area contributed by atoms with Gasteiger partial charge in [0.1, 0.15) is 0 Å². The number of hydrogen-bond acceptors (Lipinski definition) is 2. The first-order chi connectivity index (χ1) is 9.22. The van der Waals surface area contributed by atoms with Crippen LogP contribution in [0.5, 0.6) is 0 Å². The van der Waals surface area contributed by atoms with Crippen LogP contribution in [-0.2, 0) is 13.0 Å². The molecule has 1 aliphatic rings. The van der Waals surface area contributed by atoms with E-state index in [-0.39, 0.29) is 6.04 Å². The third-order valence-electron chi connectivity index (χ3n) is 4.06. The molecule has 1 aromatic carbocycles. The molecule has 2 atom stereocenters. The number of nitrogens with two attached hydrogens (primary N) is 1. The molecule has 3 rings (SSSR count). The van der Waals surface area contributed by atoms with Gasteiger partial charge < -0.3 is 5.73 Å². The summed E-state index contributed by atoms with van der Waals surface area (Å²) < 4.78 is 3.02. The lowest BCUT2D eigenvalue weighted by atomic mass is 9.91. The monoisotopic (exact) mass is 319 g/mol. The number of rotatable bonds is 3.